The van der Waals surface area contributed by atoms with Crippen LogP contribution >= 0.6 is 0 Å². The molecule has 1 aliphatic rings. The second-order valence-corrected chi connectivity index (χ2v) is 6.54. The molecule has 0 spiro atoms. The van der Waals surface area contributed by atoms with Crippen molar-refractivity contribution < 1.29 is 4.79 Å². The molecule has 1 atom stereocenters. The zero-order valence-electron chi connectivity index (χ0n) is 14.1. The summed E-state index contributed by atoms with van der Waals surface area (Å²) in [5.41, 5.74) is 2.56. The Bertz CT molecular complexity index is 481. The molecule has 0 bridgehead atoms. The topological polar surface area (TPSA) is 44.4 Å². The molecule has 1 amide bonds. The van der Waals surface area contributed by atoms with Gasteiger partial charge in [-0.15, -0.1) is 0 Å². The van der Waals surface area contributed by atoms with Crippen LogP contribution in [0.3, 0.4) is 0 Å². The van der Waals surface area contributed by atoms with Crippen LogP contribution in [0, 0.1) is 12.8 Å². The van der Waals surface area contributed by atoms with Gasteiger partial charge in [-0.2, -0.15) is 0 Å². The van der Waals surface area contributed by atoms with E-state index in [4.69, 9.17) is 0 Å². The van der Waals surface area contributed by atoms with Gasteiger partial charge in [0.15, 0.2) is 0 Å². The average Bonchev–Trinajstić information content (AvgIpc) is 2.50. The Morgan fingerprint density at radius 3 is 2.64 bits per heavy atom. The number of aryl methyl sites for hydroxylation is 1. The number of likely N-dealkylation sites (N-methyl/N-ethyl adjacent to an activating group) is 1. The molecule has 1 saturated heterocycles. The van der Waals surface area contributed by atoms with Crippen molar-refractivity contribution in [1.82, 2.24) is 15.5 Å². The van der Waals surface area contributed by atoms with E-state index in [0.717, 1.165) is 25.9 Å². The summed E-state index contributed by atoms with van der Waals surface area (Å²) in [4.78, 5) is 14.4. The molecule has 0 unspecified atom stereocenters. The number of nitrogens with one attached hydrogen (secondary N) is 2. The lowest BCUT2D eigenvalue weighted by molar-refractivity contribution is -0.122. The largest absolute Gasteiger partial charge is 0.354 e. The van der Waals surface area contributed by atoms with E-state index in [9.17, 15) is 4.79 Å². The van der Waals surface area contributed by atoms with Crippen molar-refractivity contribution in [3.05, 3.63) is 35.4 Å². The van der Waals surface area contributed by atoms with Crippen molar-refractivity contribution in [2.45, 2.75) is 32.2 Å². The minimum atomic E-state index is 0.187. The number of amides is 1. The van der Waals surface area contributed by atoms with Crippen LogP contribution in [0.5, 0.6) is 0 Å². The molecule has 1 heterocycles. The quantitative estimate of drug-likeness (QED) is 0.846. The maximum atomic E-state index is 12.2. The highest BCUT2D eigenvalue weighted by atomic mass is 16.1. The van der Waals surface area contributed by atoms with Gasteiger partial charge in [0.05, 0.1) is 6.04 Å². The van der Waals surface area contributed by atoms with Crippen LogP contribution < -0.4 is 10.6 Å². The van der Waals surface area contributed by atoms with Crippen molar-refractivity contribution in [3.63, 3.8) is 0 Å². The standard InChI is InChI=1S/C18H29N3O/c1-14-6-4-5-7-16(14)17(21(2)3)13-20-18(22)12-15-8-10-19-11-9-15/h4-7,15,17,19H,8-13H2,1-3H3,(H,20,22)/t17-/m0/s1. The SMILES string of the molecule is Cc1ccccc1[C@H](CNC(=O)CC1CCNCC1)N(C)C. The van der Waals surface area contributed by atoms with Crippen LogP contribution in [-0.2, 0) is 4.79 Å². The Kier molecular flexibility index (Phi) is 6.40. The Morgan fingerprint density at radius 1 is 1.32 bits per heavy atom. The minimum absolute atomic E-state index is 0.187. The van der Waals surface area contributed by atoms with Crippen LogP contribution in [-0.4, -0.2) is 44.5 Å². The first-order valence-corrected chi connectivity index (χ1v) is 8.27. The smallest absolute Gasteiger partial charge is 0.220 e. The summed E-state index contributed by atoms with van der Waals surface area (Å²) < 4.78 is 0. The first-order chi connectivity index (χ1) is 10.6. The van der Waals surface area contributed by atoms with E-state index in [1.54, 1.807) is 0 Å². The van der Waals surface area contributed by atoms with Crippen LogP contribution in [0.2, 0.25) is 0 Å². The maximum Gasteiger partial charge on any atom is 0.220 e. The molecule has 122 valence electrons. The monoisotopic (exact) mass is 303 g/mol. The zero-order valence-corrected chi connectivity index (χ0v) is 14.1. The van der Waals surface area contributed by atoms with E-state index in [-0.39, 0.29) is 11.9 Å². The third kappa shape index (κ3) is 4.82. The van der Waals surface area contributed by atoms with Crippen LogP contribution in [0.1, 0.15) is 36.4 Å². The second kappa shape index (κ2) is 8.30. The minimum Gasteiger partial charge on any atom is -0.354 e. The van der Waals surface area contributed by atoms with Gasteiger partial charge in [0.2, 0.25) is 5.91 Å². The fourth-order valence-electron chi connectivity index (χ4n) is 3.16. The van der Waals surface area contributed by atoms with Crippen molar-refractivity contribution in [3.8, 4) is 0 Å². The Labute approximate surface area is 134 Å². The molecule has 0 aliphatic carbocycles. The third-order valence-corrected chi connectivity index (χ3v) is 4.60. The van der Waals surface area contributed by atoms with Crippen molar-refractivity contribution in [2.75, 3.05) is 33.7 Å². The summed E-state index contributed by atoms with van der Waals surface area (Å²) in [5.74, 6) is 0.727. The molecule has 0 saturated carbocycles. The predicted molar refractivity (Wildman–Crippen MR) is 90.8 cm³/mol. The summed E-state index contributed by atoms with van der Waals surface area (Å²) in [6.45, 7) is 4.88. The molecule has 2 N–H and O–H groups in total. The number of benzene rings is 1. The van der Waals surface area contributed by atoms with Crippen LogP contribution in [0.15, 0.2) is 24.3 Å². The summed E-state index contributed by atoms with van der Waals surface area (Å²) in [5, 5.41) is 6.48. The average molecular weight is 303 g/mol. The molecule has 4 heteroatoms. The lowest BCUT2D eigenvalue weighted by Crippen LogP contribution is -2.37. The molecular formula is C18H29N3O. The molecule has 0 radical (unpaired) electrons. The highest BCUT2D eigenvalue weighted by molar-refractivity contribution is 5.76. The molecule has 2 rings (SSSR count). The molecule has 1 aromatic rings. The highest BCUT2D eigenvalue weighted by Gasteiger charge is 2.19. The number of hydrogen-bond donors (Lipinski definition) is 2. The first kappa shape index (κ1) is 17.0. The Morgan fingerprint density at radius 2 is 2.00 bits per heavy atom. The normalized spacial score (nSPS) is 17.5. The number of piperidine rings is 1. The van der Waals surface area contributed by atoms with Gasteiger partial charge in [-0.3, -0.25) is 4.79 Å². The molecule has 22 heavy (non-hydrogen) atoms. The fourth-order valence-corrected chi connectivity index (χ4v) is 3.16. The van der Waals surface area contributed by atoms with Gasteiger partial charge in [0.25, 0.3) is 0 Å². The second-order valence-electron chi connectivity index (χ2n) is 6.54. The number of hydrogen-bond acceptors (Lipinski definition) is 3. The van der Waals surface area contributed by atoms with Gasteiger partial charge in [-0.25, -0.2) is 0 Å². The predicted octanol–water partition coefficient (Wildman–Crippen LogP) is 2.10. The van der Waals surface area contributed by atoms with E-state index in [1.165, 1.54) is 11.1 Å². The molecule has 0 aromatic heterocycles. The van der Waals surface area contributed by atoms with Crippen molar-refractivity contribution in [2.24, 2.45) is 5.92 Å². The highest BCUT2D eigenvalue weighted by Crippen LogP contribution is 2.21. The van der Waals surface area contributed by atoms with E-state index in [2.05, 4.69) is 60.8 Å². The van der Waals surface area contributed by atoms with E-state index in [0.29, 0.717) is 18.9 Å². The molecule has 4 nitrogen and oxygen atoms in total. The summed E-state index contributed by atoms with van der Waals surface area (Å²) in [7, 11) is 4.13. The number of nitrogens with zero attached hydrogens (tertiary/aromatic N) is 1. The van der Waals surface area contributed by atoms with Crippen LogP contribution in [0.25, 0.3) is 0 Å². The van der Waals surface area contributed by atoms with Crippen LogP contribution in [0.4, 0.5) is 0 Å². The molecule has 1 aliphatic heterocycles. The fraction of sp³-hybridized carbons (Fsp3) is 0.611. The Hall–Kier alpha value is -1.39. The number of rotatable bonds is 6. The lowest BCUT2D eigenvalue weighted by atomic mass is 9.94. The van der Waals surface area contributed by atoms with E-state index in [1.807, 2.05) is 0 Å². The maximum absolute atomic E-state index is 12.2. The van der Waals surface area contributed by atoms with Gasteiger partial charge in [0.1, 0.15) is 0 Å². The van der Waals surface area contributed by atoms with Gasteiger partial charge in [0, 0.05) is 13.0 Å². The zero-order chi connectivity index (χ0) is 15.9. The van der Waals surface area contributed by atoms with Gasteiger partial charge in [-0.1, -0.05) is 24.3 Å². The lowest BCUT2D eigenvalue weighted by Gasteiger charge is -2.27. The molecule has 1 fully saturated rings. The van der Waals surface area contributed by atoms with Gasteiger partial charge in [-0.05, 0) is 64.0 Å². The summed E-state index contributed by atoms with van der Waals surface area (Å²) >= 11 is 0. The first-order valence-electron chi connectivity index (χ1n) is 8.27. The summed E-state index contributed by atoms with van der Waals surface area (Å²) in [6.07, 6.45) is 2.89. The van der Waals surface area contributed by atoms with E-state index < -0.39 is 0 Å². The third-order valence-electron chi connectivity index (χ3n) is 4.60. The van der Waals surface area contributed by atoms with Gasteiger partial charge >= 0.3 is 0 Å². The number of carbonyl (C=O) groups excluding carboxylic acids is 1. The van der Waals surface area contributed by atoms with Crippen molar-refractivity contribution >= 4 is 5.91 Å². The summed E-state index contributed by atoms with van der Waals surface area (Å²) in [6, 6.07) is 8.62. The molecule has 1 aromatic carbocycles. The van der Waals surface area contributed by atoms with Crippen molar-refractivity contribution in [1.29, 1.82) is 0 Å². The van der Waals surface area contributed by atoms with Gasteiger partial charge < -0.3 is 15.5 Å². The molecular weight excluding hydrogens is 274 g/mol. The number of carbonyl (C=O) groups is 1. The Balaban J connectivity index is 1.89. The van der Waals surface area contributed by atoms with E-state index >= 15 is 0 Å².